The molecule has 38 heavy (non-hydrogen) atoms. The molecule has 0 bridgehead atoms. The van der Waals surface area contributed by atoms with Crippen molar-refractivity contribution in [3.63, 3.8) is 0 Å². The van der Waals surface area contributed by atoms with E-state index in [0.717, 1.165) is 48.4 Å². The van der Waals surface area contributed by atoms with Gasteiger partial charge in [-0.3, -0.25) is 9.78 Å². The molecule has 0 radical (unpaired) electrons. The van der Waals surface area contributed by atoms with Gasteiger partial charge in [0.25, 0.3) is 0 Å². The number of carbonyl (C=O) groups is 1. The first-order valence-electron chi connectivity index (χ1n) is 13.5. The van der Waals surface area contributed by atoms with Crippen molar-refractivity contribution in [1.82, 2.24) is 4.98 Å². The number of aliphatic hydroxyl groups excluding tert-OH is 1. The quantitative estimate of drug-likeness (QED) is 0.241. The predicted octanol–water partition coefficient (Wildman–Crippen LogP) is 7.45. The number of aliphatic hydroxyl groups is 1. The molecule has 1 aliphatic carbocycles. The lowest BCUT2D eigenvalue weighted by molar-refractivity contribution is -0.138. The number of aryl methyl sites for hydroxylation is 3. The van der Waals surface area contributed by atoms with Crippen LogP contribution < -0.4 is 0 Å². The third kappa shape index (κ3) is 8.05. The minimum Gasteiger partial charge on any atom is -0.481 e. The highest BCUT2D eigenvalue weighted by Gasteiger charge is 2.44. The van der Waals surface area contributed by atoms with E-state index >= 15 is 0 Å². The van der Waals surface area contributed by atoms with Crippen LogP contribution in [0.4, 0.5) is 0 Å². The molecular formula is C33H39NO3S. The Bertz CT molecular complexity index is 1280. The number of carboxylic acid groups (broad SMARTS) is 1. The number of carboxylic acids is 1. The summed E-state index contributed by atoms with van der Waals surface area (Å²) < 4.78 is 0. The molecule has 200 valence electrons. The van der Waals surface area contributed by atoms with Crippen molar-refractivity contribution in [2.75, 3.05) is 5.75 Å². The summed E-state index contributed by atoms with van der Waals surface area (Å²) in [5, 5.41) is 19.6. The zero-order chi connectivity index (χ0) is 27.1. The Balaban J connectivity index is 1.53. The van der Waals surface area contributed by atoms with Crippen molar-refractivity contribution in [3.05, 3.63) is 99.9 Å². The third-order valence-electron chi connectivity index (χ3n) is 7.48. The topological polar surface area (TPSA) is 70.4 Å². The van der Waals surface area contributed by atoms with E-state index in [1.165, 1.54) is 22.3 Å². The van der Waals surface area contributed by atoms with Gasteiger partial charge in [-0.2, -0.15) is 11.8 Å². The zero-order valence-electron chi connectivity index (χ0n) is 22.7. The van der Waals surface area contributed by atoms with Gasteiger partial charge in [0.15, 0.2) is 0 Å². The molecule has 1 heterocycles. The highest BCUT2D eigenvalue weighted by atomic mass is 32.2. The van der Waals surface area contributed by atoms with Crippen molar-refractivity contribution < 1.29 is 15.0 Å². The van der Waals surface area contributed by atoms with E-state index in [9.17, 15) is 15.0 Å². The molecule has 3 aromatic rings. The molecule has 0 saturated heterocycles. The number of aliphatic carboxylic acids is 1. The molecule has 2 unspecified atom stereocenters. The minimum absolute atomic E-state index is 0.0501. The summed E-state index contributed by atoms with van der Waals surface area (Å²) in [6, 6.07) is 21.2. The lowest BCUT2D eigenvalue weighted by Gasteiger charge is -2.22. The Morgan fingerprint density at radius 2 is 1.82 bits per heavy atom. The van der Waals surface area contributed by atoms with Gasteiger partial charge >= 0.3 is 5.97 Å². The van der Waals surface area contributed by atoms with Crippen LogP contribution in [-0.4, -0.2) is 33.0 Å². The van der Waals surface area contributed by atoms with E-state index in [0.29, 0.717) is 6.42 Å². The van der Waals surface area contributed by atoms with Gasteiger partial charge < -0.3 is 10.2 Å². The summed E-state index contributed by atoms with van der Waals surface area (Å²) in [5.74, 6) is 0.171. The van der Waals surface area contributed by atoms with Crippen molar-refractivity contribution in [1.29, 1.82) is 0 Å². The summed E-state index contributed by atoms with van der Waals surface area (Å²) >= 11 is 1.90. The average molecular weight is 530 g/mol. The molecule has 1 saturated carbocycles. The number of hydrogen-bond acceptors (Lipinski definition) is 4. The highest BCUT2D eigenvalue weighted by Crippen LogP contribution is 2.53. The van der Waals surface area contributed by atoms with Gasteiger partial charge in [0.05, 0.1) is 18.2 Å². The fourth-order valence-corrected chi connectivity index (χ4v) is 6.46. The molecule has 1 fully saturated rings. The first-order valence-corrected chi connectivity index (χ1v) is 14.6. The molecule has 4 nitrogen and oxygen atoms in total. The Labute approximate surface area is 231 Å². The molecule has 1 aliphatic rings. The number of benzene rings is 2. The molecule has 2 atom stereocenters. The zero-order valence-corrected chi connectivity index (χ0v) is 23.5. The molecular weight excluding hydrogens is 490 g/mol. The lowest BCUT2D eigenvalue weighted by atomic mass is 9.96. The first-order chi connectivity index (χ1) is 18.2. The first kappa shape index (κ1) is 28.1. The van der Waals surface area contributed by atoms with E-state index < -0.39 is 5.97 Å². The Morgan fingerprint density at radius 3 is 2.50 bits per heavy atom. The number of aromatic nitrogens is 1. The van der Waals surface area contributed by atoms with Crippen LogP contribution in [0.5, 0.6) is 0 Å². The van der Waals surface area contributed by atoms with E-state index in [-0.39, 0.29) is 23.2 Å². The van der Waals surface area contributed by atoms with Gasteiger partial charge in [-0.05, 0) is 98.2 Å². The number of pyridine rings is 1. The fraction of sp³-hybridized carbons (Fsp3) is 0.394. The standard InChI is InChI=1S/C33H39NO3S/c1-23-11-14-30(34-25(23)3)15-12-26-7-6-10-29(20-26)31(38-22-33(17-18-33)21-32(36)37)16-13-27-8-4-5-9-28(27)19-24(2)35/h4-12,14-15,20,24,31,35H,13,16-19,21-22H2,1-3H3,(H,36,37). The predicted molar refractivity (Wildman–Crippen MR) is 158 cm³/mol. The normalized spacial score (nSPS) is 15.9. The average Bonchev–Trinajstić information content (AvgIpc) is 3.64. The van der Waals surface area contributed by atoms with Gasteiger partial charge in [0.1, 0.15) is 0 Å². The SMILES string of the molecule is Cc1ccc(C=Cc2cccc(C(CCc3ccccc3CC(C)O)SCC3(CC(=O)O)CC3)c2)nc1C. The van der Waals surface area contributed by atoms with Gasteiger partial charge in [-0.25, -0.2) is 0 Å². The smallest absolute Gasteiger partial charge is 0.303 e. The van der Waals surface area contributed by atoms with Gasteiger partial charge in [0.2, 0.25) is 0 Å². The highest BCUT2D eigenvalue weighted by molar-refractivity contribution is 7.99. The van der Waals surface area contributed by atoms with E-state index in [2.05, 4.69) is 72.6 Å². The van der Waals surface area contributed by atoms with Crippen LogP contribution in [0.25, 0.3) is 12.2 Å². The molecule has 0 amide bonds. The number of nitrogens with zero attached hydrogens (tertiary/aromatic N) is 1. The van der Waals surface area contributed by atoms with Gasteiger partial charge in [-0.1, -0.05) is 60.7 Å². The van der Waals surface area contributed by atoms with Crippen LogP contribution in [0.1, 0.15) is 77.1 Å². The molecule has 2 N–H and O–H groups in total. The maximum Gasteiger partial charge on any atom is 0.303 e. The van der Waals surface area contributed by atoms with Gasteiger partial charge in [-0.15, -0.1) is 0 Å². The Hall–Kier alpha value is -2.89. The van der Waals surface area contributed by atoms with E-state index in [4.69, 9.17) is 0 Å². The minimum atomic E-state index is -0.696. The molecule has 1 aromatic heterocycles. The summed E-state index contributed by atoms with van der Waals surface area (Å²) in [6.07, 6.45) is 8.60. The number of rotatable bonds is 13. The number of hydrogen-bond donors (Lipinski definition) is 2. The molecule has 5 heteroatoms. The van der Waals surface area contributed by atoms with Gasteiger partial charge in [0, 0.05) is 16.7 Å². The Kier molecular flexibility index (Phi) is 9.45. The van der Waals surface area contributed by atoms with Crippen LogP contribution in [0, 0.1) is 19.3 Å². The molecule has 2 aromatic carbocycles. The summed E-state index contributed by atoms with van der Waals surface area (Å²) in [4.78, 5) is 16.1. The van der Waals surface area contributed by atoms with Crippen LogP contribution in [0.2, 0.25) is 0 Å². The maximum atomic E-state index is 11.4. The van der Waals surface area contributed by atoms with Crippen LogP contribution in [0.15, 0.2) is 60.7 Å². The van der Waals surface area contributed by atoms with Crippen LogP contribution >= 0.6 is 11.8 Å². The Morgan fingerprint density at radius 1 is 1.05 bits per heavy atom. The fourth-order valence-electron chi connectivity index (χ4n) is 4.89. The monoisotopic (exact) mass is 529 g/mol. The second-order valence-electron chi connectivity index (χ2n) is 10.9. The van der Waals surface area contributed by atoms with Crippen LogP contribution in [-0.2, 0) is 17.6 Å². The summed E-state index contributed by atoms with van der Waals surface area (Å²) in [7, 11) is 0. The summed E-state index contributed by atoms with van der Waals surface area (Å²) in [6.45, 7) is 5.94. The van der Waals surface area contributed by atoms with Crippen molar-refractivity contribution in [2.45, 2.75) is 70.7 Å². The maximum absolute atomic E-state index is 11.4. The second-order valence-corrected chi connectivity index (χ2v) is 12.1. The third-order valence-corrected chi connectivity index (χ3v) is 9.17. The largest absolute Gasteiger partial charge is 0.481 e. The summed E-state index contributed by atoms with van der Waals surface area (Å²) in [5.41, 5.74) is 8.02. The molecule has 0 aliphatic heterocycles. The lowest BCUT2D eigenvalue weighted by Crippen LogP contribution is -2.13. The van der Waals surface area contributed by atoms with Crippen molar-refractivity contribution >= 4 is 29.9 Å². The van der Waals surface area contributed by atoms with Crippen molar-refractivity contribution in [2.24, 2.45) is 5.41 Å². The van der Waals surface area contributed by atoms with Crippen molar-refractivity contribution in [3.8, 4) is 0 Å². The van der Waals surface area contributed by atoms with Crippen LogP contribution in [0.3, 0.4) is 0 Å². The second kappa shape index (κ2) is 12.8. The molecule has 4 rings (SSSR count). The van der Waals surface area contributed by atoms with E-state index in [1.54, 1.807) is 0 Å². The van der Waals surface area contributed by atoms with E-state index in [1.807, 2.05) is 37.7 Å². The molecule has 0 spiro atoms. The number of thioether (sulfide) groups is 1.